The summed E-state index contributed by atoms with van der Waals surface area (Å²) in [5, 5.41) is 12.2. The van der Waals surface area contributed by atoms with Gasteiger partial charge in [0.25, 0.3) is 5.91 Å². The minimum absolute atomic E-state index is 0.00839. The molecule has 20 heavy (non-hydrogen) atoms. The van der Waals surface area contributed by atoms with E-state index < -0.39 is 5.97 Å². The molecule has 0 bridgehead atoms. The number of rotatable bonds is 5. The lowest BCUT2D eigenvalue weighted by Crippen LogP contribution is -2.38. The van der Waals surface area contributed by atoms with Crippen LogP contribution in [0.15, 0.2) is 12.1 Å². The molecule has 1 aromatic carbocycles. The first-order valence-corrected chi connectivity index (χ1v) is 6.93. The zero-order valence-corrected chi connectivity index (χ0v) is 12.8. The molecule has 0 aliphatic rings. The van der Waals surface area contributed by atoms with Gasteiger partial charge in [0.1, 0.15) is 0 Å². The maximum atomic E-state index is 12.4. The summed E-state index contributed by atoms with van der Waals surface area (Å²) in [7, 11) is 0. The lowest BCUT2D eigenvalue weighted by Gasteiger charge is -2.21. The summed E-state index contributed by atoms with van der Waals surface area (Å²) in [5.41, 5.74) is 1.65. The van der Waals surface area contributed by atoms with E-state index in [0.717, 1.165) is 6.42 Å². The van der Waals surface area contributed by atoms with E-state index in [4.69, 9.17) is 0 Å². The van der Waals surface area contributed by atoms with Gasteiger partial charge < -0.3 is 10.4 Å². The van der Waals surface area contributed by atoms with Gasteiger partial charge in [0.05, 0.1) is 11.1 Å². The number of aromatic carboxylic acids is 1. The van der Waals surface area contributed by atoms with Gasteiger partial charge in [0.2, 0.25) is 0 Å². The first-order chi connectivity index (χ1) is 9.29. The molecule has 1 rings (SSSR count). The van der Waals surface area contributed by atoms with Gasteiger partial charge in [-0.05, 0) is 37.8 Å². The Morgan fingerprint density at radius 2 is 1.65 bits per heavy atom. The first kappa shape index (κ1) is 16.2. The highest BCUT2D eigenvalue weighted by Crippen LogP contribution is 2.19. The first-order valence-electron chi connectivity index (χ1n) is 6.93. The van der Waals surface area contributed by atoms with Crippen LogP contribution in [0.3, 0.4) is 0 Å². The molecule has 2 atom stereocenters. The molecule has 0 aliphatic heterocycles. The summed E-state index contributed by atoms with van der Waals surface area (Å²) in [6, 6.07) is 3.52. The number of nitrogens with one attached hydrogen (secondary N) is 1. The topological polar surface area (TPSA) is 66.4 Å². The predicted octanol–water partition coefficient (Wildman–Crippen LogP) is 3.17. The van der Waals surface area contributed by atoms with E-state index in [2.05, 4.69) is 19.2 Å². The maximum absolute atomic E-state index is 12.4. The SMILES string of the molecule is CCC(C)C(C)NC(=O)c1c(C)ccc(C)c1C(=O)O. The second-order valence-electron chi connectivity index (χ2n) is 5.40. The zero-order valence-electron chi connectivity index (χ0n) is 12.8. The lowest BCUT2D eigenvalue weighted by molar-refractivity contribution is 0.0689. The number of aryl methyl sites for hydroxylation is 2. The van der Waals surface area contributed by atoms with Crippen molar-refractivity contribution in [2.24, 2.45) is 5.92 Å². The van der Waals surface area contributed by atoms with Crippen LogP contribution in [0.4, 0.5) is 0 Å². The number of benzene rings is 1. The molecular formula is C16H23NO3. The molecule has 0 radical (unpaired) electrons. The smallest absolute Gasteiger partial charge is 0.336 e. The number of carbonyl (C=O) groups excluding carboxylic acids is 1. The normalized spacial score (nSPS) is 13.7. The fourth-order valence-electron chi connectivity index (χ4n) is 2.15. The second kappa shape index (κ2) is 6.55. The van der Waals surface area contributed by atoms with Crippen LogP contribution in [-0.4, -0.2) is 23.0 Å². The molecule has 0 saturated carbocycles. The number of hydrogen-bond acceptors (Lipinski definition) is 2. The van der Waals surface area contributed by atoms with Gasteiger partial charge in [-0.25, -0.2) is 4.79 Å². The highest BCUT2D eigenvalue weighted by atomic mass is 16.4. The Kier molecular flexibility index (Phi) is 5.31. The Morgan fingerprint density at radius 3 is 2.10 bits per heavy atom. The maximum Gasteiger partial charge on any atom is 0.336 e. The summed E-state index contributed by atoms with van der Waals surface area (Å²) in [6.07, 6.45) is 0.958. The Bertz CT molecular complexity index is 523. The number of carboxylic acid groups (broad SMARTS) is 1. The van der Waals surface area contributed by atoms with Gasteiger partial charge in [-0.2, -0.15) is 0 Å². The van der Waals surface area contributed by atoms with E-state index in [1.165, 1.54) is 0 Å². The number of hydrogen-bond donors (Lipinski definition) is 2. The van der Waals surface area contributed by atoms with Crippen molar-refractivity contribution in [1.29, 1.82) is 0 Å². The minimum atomic E-state index is -1.06. The third-order valence-corrected chi connectivity index (χ3v) is 3.92. The monoisotopic (exact) mass is 277 g/mol. The number of carboxylic acids is 1. The molecule has 1 amide bonds. The molecule has 110 valence electrons. The molecular weight excluding hydrogens is 254 g/mol. The van der Waals surface area contributed by atoms with Gasteiger partial charge in [0, 0.05) is 6.04 Å². The van der Waals surface area contributed by atoms with Crippen LogP contribution < -0.4 is 5.32 Å². The third kappa shape index (κ3) is 3.38. The van der Waals surface area contributed by atoms with E-state index in [1.54, 1.807) is 26.0 Å². The average Bonchev–Trinajstić information content (AvgIpc) is 2.39. The molecule has 2 unspecified atom stereocenters. The molecule has 0 heterocycles. The largest absolute Gasteiger partial charge is 0.478 e. The van der Waals surface area contributed by atoms with Crippen molar-refractivity contribution < 1.29 is 14.7 Å². The number of carbonyl (C=O) groups is 2. The highest BCUT2D eigenvalue weighted by molar-refractivity contribution is 6.06. The van der Waals surface area contributed by atoms with Gasteiger partial charge in [-0.1, -0.05) is 32.4 Å². The Balaban J connectivity index is 3.16. The van der Waals surface area contributed by atoms with Gasteiger partial charge in [-0.15, -0.1) is 0 Å². The van der Waals surface area contributed by atoms with E-state index in [-0.39, 0.29) is 23.1 Å². The van der Waals surface area contributed by atoms with Crippen LogP contribution >= 0.6 is 0 Å². The number of amides is 1. The van der Waals surface area contributed by atoms with Crippen LogP contribution in [0.25, 0.3) is 0 Å². The van der Waals surface area contributed by atoms with Gasteiger partial charge >= 0.3 is 5.97 Å². The molecule has 4 nitrogen and oxygen atoms in total. The average molecular weight is 277 g/mol. The molecule has 2 N–H and O–H groups in total. The molecule has 1 aromatic rings. The molecule has 0 aliphatic carbocycles. The molecule has 0 spiro atoms. The van der Waals surface area contributed by atoms with Gasteiger partial charge in [-0.3, -0.25) is 4.79 Å². The van der Waals surface area contributed by atoms with E-state index in [1.807, 2.05) is 6.92 Å². The third-order valence-electron chi connectivity index (χ3n) is 3.92. The highest BCUT2D eigenvalue weighted by Gasteiger charge is 2.23. The lowest BCUT2D eigenvalue weighted by atomic mass is 9.95. The summed E-state index contributed by atoms with van der Waals surface area (Å²) in [5.74, 6) is -1.03. The summed E-state index contributed by atoms with van der Waals surface area (Å²) < 4.78 is 0. The van der Waals surface area contributed by atoms with Crippen LogP contribution in [0.5, 0.6) is 0 Å². The van der Waals surface area contributed by atoms with Crippen molar-refractivity contribution in [1.82, 2.24) is 5.32 Å². The van der Waals surface area contributed by atoms with Crippen molar-refractivity contribution in [2.75, 3.05) is 0 Å². The molecule has 0 saturated heterocycles. The van der Waals surface area contributed by atoms with E-state index >= 15 is 0 Å². The molecule has 4 heteroatoms. The summed E-state index contributed by atoms with van der Waals surface area (Å²) in [4.78, 5) is 23.8. The van der Waals surface area contributed by atoms with Crippen LogP contribution in [0, 0.1) is 19.8 Å². The van der Waals surface area contributed by atoms with Crippen LogP contribution in [0.2, 0.25) is 0 Å². The quantitative estimate of drug-likeness (QED) is 0.868. The Morgan fingerprint density at radius 1 is 1.15 bits per heavy atom. The minimum Gasteiger partial charge on any atom is -0.478 e. The van der Waals surface area contributed by atoms with E-state index in [9.17, 15) is 14.7 Å². The van der Waals surface area contributed by atoms with Gasteiger partial charge in [0.15, 0.2) is 0 Å². The molecule has 0 fully saturated rings. The van der Waals surface area contributed by atoms with Crippen molar-refractivity contribution >= 4 is 11.9 Å². The summed E-state index contributed by atoms with van der Waals surface area (Å²) >= 11 is 0. The van der Waals surface area contributed by atoms with Crippen molar-refractivity contribution in [3.63, 3.8) is 0 Å². The predicted molar refractivity (Wildman–Crippen MR) is 79.3 cm³/mol. The van der Waals surface area contributed by atoms with Crippen molar-refractivity contribution in [3.8, 4) is 0 Å². The van der Waals surface area contributed by atoms with Crippen molar-refractivity contribution in [2.45, 2.75) is 47.1 Å². The summed E-state index contributed by atoms with van der Waals surface area (Å²) in [6.45, 7) is 9.53. The molecule has 0 aromatic heterocycles. The van der Waals surface area contributed by atoms with Crippen LogP contribution in [0.1, 0.15) is 59.0 Å². The second-order valence-corrected chi connectivity index (χ2v) is 5.40. The fraction of sp³-hybridized carbons (Fsp3) is 0.500. The standard InChI is InChI=1S/C16H23NO3/c1-6-9(2)12(5)17-15(18)13-10(3)7-8-11(4)14(13)16(19)20/h7-9,12H,6H2,1-5H3,(H,17,18)(H,19,20). The van der Waals surface area contributed by atoms with Crippen molar-refractivity contribution in [3.05, 3.63) is 34.4 Å². The van der Waals surface area contributed by atoms with Crippen LogP contribution in [-0.2, 0) is 0 Å². The fourth-order valence-corrected chi connectivity index (χ4v) is 2.15. The van der Waals surface area contributed by atoms with E-state index in [0.29, 0.717) is 17.0 Å². The Hall–Kier alpha value is -1.84. The zero-order chi connectivity index (χ0) is 15.4. The Labute approximate surface area is 120 Å².